The molecular formula is C22H27F4N3O. The van der Waals surface area contributed by atoms with Gasteiger partial charge >= 0.3 is 6.18 Å². The zero-order valence-corrected chi connectivity index (χ0v) is 17.7. The summed E-state index contributed by atoms with van der Waals surface area (Å²) in [5.41, 5.74) is -1.12. The summed E-state index contributed by atoms with van der Waals surface area (Å²) >= 11 is 0. The summed E-state index contributed by atoms with van der Waals surface area (Å²) in [5, 5.41) is 0. The molecule has 1 aliphatic carbocycles. The van der Waals surface area contributed by atoms with Gasteiger partial charge in [0.15, 0.2) is 5.49 Å². The van der Waals surface area contributed by atoms with Gasteiger partial charge in [0, 0.05) is 30.8 Å². The van der Waals surface area contributed by atoms with E-state index in [2.05, 4.69) is 4.99 Å². The number of benzene rings is 1. The van der Waals surface area contributed by atoms with E-state index in [4.69, 9.17) is 0 Å². The van der Waals surface area contributed by atoms with Crippen LogP contribution in [0, 0.1) is 11.7 Å². The Labute approximate surface area is 173 Å². The Morgan fingerprint density at radius 1 is 1.17 bits per heavy atom. The smallest absolute Gasteiger partial charge is 0.291 e. The predicted octanol–water partition coefficient (Wildman–Crippen LogP) is 5.21. The van der Waals surface area contributed by atoms with Gasteiger partial charge in [-0.25, -0.2) is 4.39 Å². The number of alkyl halides is 3. The molecule has 3 rings (SSSR count). The molecule has 1 amide bonds. The summed E-state index contributed by atoms with van der Waals surface area (Å²) in [4.78, 5) is 16.7. The summed E-state index contributed by atoms with van der Waals surface area (Å²) in [6.45, 7) is 6.74. The average molecular weight is 425 g/mol. The third-order valence-corrected chi connectivity index (χ3v) is 5.67. The summed E-state index contributed by atoms with van der Waals surface area (Å²) in [5.74, 6) is -2.16. The van der Waals surface area contributed by atoms with E-state index in [1.54, 1.807) is 6.07 Å². The molecule has 1 aromatic heterocycles. The summed E-state index contributed by atoms with van der Waals surface area (Å²) < 4.78 is 57.2. The molecule has 4 nitrogen and oxygen atoms in total. The Morgan fingerprint density at radius 2 is 1.80 bits per heavy atom. The van der Waals surface area contributed by atoms with Crippen LogP contribution in [0.1, 0.15) is 68.1 Å². The van der Waals surface area contributed by atoms with Crippen LogP contribution in [-0.4, -0.2) is 15.3 Å². The SMILES string of the molecule is Cn1c(C(C)(C)C)cc(=NC(=O)c2cccc(C(F)(F)F)c2F)n1CC1CCCC1. The monoisotopic (exact) mass is 425 g/mol. The maximum absolute atomic E-state index is 14.4. The summed E-state index contributed by atoms with van der Waals surface area (Å²) in [6.07, 6.45) is -0.405. The van der Waals surface area contributed by atoms with E-state index in [0.717, 1.165) is 43.5 Å². The lowest BCUT2D eigenvalue weighted by Crippen LogP contribution is -2.28. The van der Waals surface area contributed by atoms with E-state index >= 15 is 0 Å². The highest BCUT2D eigenvalue weighted by Gasteiger charge is 2.35. The minimum absolute atomic E-state index is 0.232. The molecule has 0 radical (unpaired) electrons. The van der Waals surface area contributed by atoms with Gasteiger partial charge in [-0.1, -0.05) is 39.7 Å². The third-order valence-electron chi connectivity index (χ3n) is 5.67. The number of halogens is 4. The van der Waals surface area contributed by atoms with Gasteiger partial charge < -0.3 is 0 Å². The lowest BCUT2D eigenvalue weighted by molar-refractivity contribution is -0.140. The standard InChI is InChI=1S/C22H27F4N3O/c1-21(2,3)17-12-18(29(28(17)4)13-14-8-5-6-9-14)27-20(30)15-10-7-11-16(19(15)23)22(24,25)26/h7,10-12,14H,5-6,8-9,13H2,1-4H3. The van der Waals surface area contributed by atoms with Crippen molar-refractivity contribution in [1.29, 1.82) is 0 Å². The number of nitrogens with zero attached hydrogens (tertiary/aromatic N) is 3. The zero-order chi connectivity index (χ0) is 22.3. The number of amides is 1. The second-order valence-electron chi connectivity index (χ2n) is 8.98. The van der Waals surface area contributed by atoms with Crippen molar-refractivity contribution in [1.82, 2.24) is 9.36 Å². The number of carbonyl (C=O) groups is 1. The minimum atomic E-state index is -4.88. The van der Waals surface area contributed by atoms with Crippen molar-refractivity contribution in [2.24, 2.45) is 18.0 Å². The normalized spacial score (nSPS) is 16.5. The first kappa shape index (κ1) is 22.3. The number of hydrogen-bond donors (Lipinski definition) is 0. The van der Waals surface area contributed by atoms with Crippen LogP contribution in [0.25, 0.3) is 0 Å². The first-order chi connectivity index (χ1) is 13.9. The molecule has 0 aliphatic heterocycles. The fourth-order valence-electron chi connectivity index (χ4n) is 4.10. The lowest BCUT2D eigenvalue weighted by atomic mass is 9.92. The predicted molar refractivity (Wildman–Crippen MR) is 105 cm³/mol. The molecule has 2 aromatic rings. The molecule has 0 N–H and O–H groups in total. The highest BCUT2D eigenvalue weighted by Crippen LogP contribution is 2.32. The average Bonchev–Trinajstić information content (AvgIpc) is 3.24. The van der Waals surface area contributed by atoms with Crippen molar-refractivity contribution in [3.05, 3.63) is 52.4 Å². The van der Waals surface area contributed by atoms with Gasteiger partial charge in [-0.3, -0.25) is 14.2 Å². The molecule has 0 spiro atoms. The van der Waals surface area contributed by atoms with Gasteiger partial charge in [0.25, 0.3) is 5.91 Å². The van der Waals surface area contributed by atoms with E-state index in [0.29, 0.717) is 24.0 Å². The molecule has 0 saturated heterocycles. The van der Waals surface area contributed by atoms with E-state index < -0.39 is 29.0 Å². The molecule has 0 atom stereocenters. The van der Waals surface area contributed by atoms with Crippen LogP contribution in [0.3, 0.4) is 0 Å². The van der Waals surface area contributed by atoms with Crippen LogP contribution >= 0.6 is 0 Å². The first-order valence-corrected chi connectivity index (χ1v) is 10.1. The fourth-order valence-corrected chi connectivity index (χ4v) is 4.10. The number of hydrogen-bond acceptors (Lipinski definition) is 1. The van der Waals surface area contributed by atoms with Crippen LogP contribution in [0.15, 0.2) is 29.3 Å². The van der Waals surface area contributed by atoms with Gasteiger partial charge in [-0.05, 0) is 30.9 Å². The fraction of sp³-hybridized carbons (Fsp3) is 0.545. The highest BCUT2D eigenvalue weighted by molar-refractivity contribution is 5.95. The van der Waals surface area contributed by atoms with E-state index in [1.165, 1.54) is 0 Å². The molecule has 1 fully saturated rings. The first-order valence-electron chi connectivity index (χ1n) is 10.1. The lowest BCUT2D eigenvalue weighted by Gasteiger charge is -2.21. The molecule has 1 aliphatic rings. The van der Waals surface area contributed by atoms with Crippen LogP contribution in [0.4, 0.5) is 17.6 Å². The van der Waals surface area contributed by atoms with Crippen molar-refractivity contribution < 1.29 is 22.4 Å². The van der Waals surface area contributed by atoms with Crippen LogP contribution < -0.4 is 5.49 Å². The number of rotatable bonds is 3. The molecule has 8 heteroatoms. The molecular weight excluding hydrogens is 398 g/mol. The zero-order valence-electron chi connectivity index (χ0n) is 17.7. The van der Waals surface area contributed by atoms with Gasteiger partial charge in [-0.15, -0.1) is 0 Å². The van der Waals surface area contributed by atoms with E-state index in [1.807, 2.05) is 37.2 Å². The maximum Gasteiger partial charge on any atom is 0.419 e. The Hall–Kier alpha value is -2.38. The Kier molecular flexibility index (Phi) is 5.98. The molecule has 164 valence electrons. The number of aromatic nitrogens is 2. The molecule has 1 saturated carbocycles. The van der Waals surface area contributed by atoms with Crippen molar-refractivity contribution in [3.63, 3.8) is 0 Å². The molecule has 0 bridgehead atoms. The molecule has 30 heavy (non-hydrogen) atoms. The second kappa shape index (κ2) is 8.04. The van der Waals surface area contributed by atoms with E-state index in [9.17, 15) is 22.4 Å². The van der Waals surface area contributed by atoms with Gasteiger partial charge in [0.1, 0.15) is 5.82 Å². The van der Waals surface area contributed by atoms with Crippen LogP contribution in [0.2, 0.25) is 0 Å². The topological polar surface area (TPSA) is 39.3 Å². The van der Waals surface area contributed by atoms with Crippen molar-refractivity contribution in [2.75, 3.05) is 0 Å². The Morgan fingerprint density at radius 3 is 2.37 bits per heavy atom. The van der Waals surface area contributed by atoms with Gasteiger partial charge in [0.2, 0.25) is 0 Å². The summed E-state index contributed by atoms with van der Waals surface area (Å²) in [6, 6.07) is 4.43. The van der Waals surface area contributed by atoms with E-state index in [-0.39, 0.29) is 5.41 Å². The van der Waals surface area contributed by atoms with Crippen LogP contribution in [-0.2, 0) is 25.2 Å². The largest absolute Gasteiger partial charge is 0.419 e. The second-order valence-corrected chi connectivity index (χ2v) is 8.98. The molecule has 0 unspecified atom stereocenters. The molecule has 1 heterocycles. The Bertz CT molecular complexity index is 1000. The van der Waals surface area contributed by atoms with Gasteiger partial charge in [0.05, 0.1) is 11.1 Å². The van der Waals surface area contributed by atoms with Crippen molar-refractivity contribution >= 4 is 5.91 Å². The van der Waals surface area contributed by atoms with Crippen molar-refractivity contribution in [3.8, 4) is 0 Å². The van der Waals surface area contributed by atoms with Crippen LogP contribution in [0.5, 0.6) is 0 Å². The summed E-state index contributed by atoms with van der Waals surface area (Å²) in [7, 11) is 1.88. The molecule has 1 aromatic carbocycles. The number of carbonyl (C=O) groups excluding carboxylic acids is 1. The van der Waals surface area contributed by atoms with Gasteiger partial charge in [-0.2, -0.15) is 18.2 Å². The maximum atomic E-state index is 14.4. The highest BCUT2D eigenvalue weighted by atomic mass is 19.4. The van der Waals surface area contributed by atoms with Crippen molar-refractivity contribution in [2.45, 2.75) is 64.6 Å². The minimum Gasteiger partial charge on any atom is -0.291 e. The third kappa shape index (κ3) is 4.52. The Balaban J connectivity index is 2.09. The quantitative estimate of drug-likeness (QED) is 0.622.